The molecule has 0 aliphatic carbocycles. The summed E-state index contributed by atoms with van der Waals surface area (Å²) in [7, 11) is 0. The summed E-state index contributed by atoms with van der Waals surface area (Å²) in [6, 6.07) is 0.172. The maximum absolute atomic E-state index is 11.0. The van der Waals surface area contributed by atoms with Crippen LogP contribution in [0.3, 0.4) is 0 Å². The number of amides is 1. The standard InChI is InChI=1S/C8H13NO3S/c10-7(4-8(11)12)9-6-2-1-3-13-5-6/h6H,1-5H2,(H,9,10)(H,11,12). The van der Waals surface area contributed by atoms with E-state index in [9.17, 15) is 9.59 Å². The highest BCUT2D eigenvalue weighted by atomic mass is 32.2. The van der Waals surface area contributed by atoms with Gasteiger partial charge in [-0.3, -0.25) is 9.59 Å². The van der Waals surface area contributed by atoms with E-state index in [0.29, 0.717) is 0 Å². The van der Waals surface area contributed by atoms with Crippen LogP contribution in [0.5, 0.6) is 0 Å². The lowest BCUT2D eigenvalue weighted by Gasteiger charge is -2.21. The second-order valence-corrected chi connectivity index (χ2v) is 4.20. The quantitative estimate of drug-likeness (QED) is 0.654. The van der Waals surface area contributed by atoms with Crippen molar-refractivity contribution in [2.45, 2.75) is 25.3 Å². The van der Waals surface area contributed by atoms with Gasteiger partial charge in [-0.25, -0.2) is 0 Å². The van der Waals surface area contributed by atoms with Crippen LogP contribution in [0.1, 0.15) is 19.3 Å². The normalized spacial score (nSPS) is 22.3. The van der Waals surface area contributed by atoms with Crippen molar-refractivity contribution >= 4 is 23.6 Å². The molecule has 1 unspecified atom stereocenters. The Balaban J connectivity index is 2.22. The van der Waals surface area contributed by atoms with Crippen LogP contribution in [0.4, 0.5) is 0 Å². The summed E-state index contributed by atoms with van der Waals surface area (Å²) in [4.78, 5) is 21.2. The van der Waals surface area contributed by atoms with E-state index in [1.165, 1.54) is 0 Å². The predicted molar refractivity (Wildman–Crippen MR) is 50.7 cm³/mol. The SMILES string of the molecule is O=C(O)CC(=O)NC1CCCSC1. The van der Waals surface area contributed by atoms with E-state index >= 15 is 0 Å². The smallest absolute Gasteiger partial charge is 0.312 e. The van der Waals surface area contributed by atoms with Gasteiger partial charge in [0.2, 0.25) is 5.91 Å². The lowest BCUT2D eigenvalue weighted by molar-refractivity contribution is -0.140. The van der Waals surface area contributed by atoms with Crippen molar-refractivity contribution < 1.29 is 14.7 Å². The van der Waals surface area contributed by atoms with Gasteiger partial charge in [0.15, 0.2) is 0 Å². The fourth-order valence-corrected chi connectivity index (χ4v) is 2.34. The summed E-state index contributed by atoms with van der Waals surface area (Å²) < 4.78 is 0. The van der Waals surface area contributed by atoms with Gasteiger partial charge in [-0.2, -0.15) is 11.8 Å². The van der Waals surface area contributed by atoms with E-state index in [1.807, 2.05) is 0 Å². The molecule has 1 amide bonds. The van der Waals surface area contributed by atoms with Gasteiger partial charge in [-0.1, -0.05) is 0 Å². The summed E-state index contributed by atoms with van der Waals surface area (Å²) >= 11 is 1.80. The molecule has 1 aliphatic rings. The molecule has 0 radical (unpaired) electrons. The van der Waals surface area contributed by atoms with Crippen LogP contribution in [0.2, 0.25) is 0 Å². The molecule has 0 spiro atoms. The molecule has 0 saturated carbocycles. The average Bonchev–Trinajstić information content (AvgIpc) is 2.04. The van der Waals surface area contributed by atoms with Crippen molar-refractivity contribution in [3.8, 4) is 0 Å². The number of aliphatic carboxylic acids is 1. The van der Waals surface area contributed by atoms with Gasteiger partial charge in [0, 0.05) is 11.8 Å². The zero-order valence-corrected chi connectivity index (χ0v) is 8.10. The van der Waals surface area contributed by atoms with E-state index < -0.39 is 12.4 Å². The van der Waals surface area contributed by atoms with Crippen LogP contribution in [0, 0.1) is 0 Å². The summed E-state index contributed by atoms with van der Waals surface area (Å²) in [5, 5.41) is 11.1. The Kier molecular flexibility index (Phi) is 4.08. The van der Waals surface area contributed by atoms with Crippen LogP contribution < -0.4 is 5.32 Å². The molecule has 1 fully saturated rings. The van der Waals surface area contributed by atoms with Crippen molar-refractivity contribution in [1.29, 1.82) is 0 Å². The minimum atomic E-state index is -1.07. The predicted octanol–water partition coefficient (Wildman–Crippen LogP) is 0.473. The molecule has 13 heavy (non-hydrogen) atoms. The van der Waals surface area contributed by atoms with E-state index in [4.69, 9.17) is 5.11 Å². The Morgan fingerprint density at radius 1 is 1.54 bits per heavy atom. The first kappa shape index (κ1) is 10.4. The number of thioether (sulfide) groups is 1. The molecule has 0 aromatic rings. The Bertz CT molecular complexity index is 202. The molecule has 0 aromatic heterocycles. The lowest BCUT2D eigenvalue weighted by Crippen LogP contribution is -2.39. The highest BCUT2D eigenvalue weighted by molar-refractivity contribution is 7.99. The largest absolute Gasteiger partial charge is 0.481 e. The molecule has 1 rings (SSSR count). The number of rotatable bonds is 3. The summed E-state index contributed by atoms with van der Waals surface area (Å²) in [5.41, 5.74) is 0. The average molecular weight is 203 g/mol. The highest BCUT2D eigenvalue weighted by Gasteiger charge is 2.17. The van der Waals surface area contributed by atoms with Crippen LogP contribution in [-0.4, -0.2) is 34.5 Å². The number of nitrogens with one attached hydrogen (secondary N) is 1. The second-order valence-electron chi connectivity index (χ2n) is 3.05. The molecule has 0 aromatic carbocycles. The molecule has 0 bridgehead atoms. The summed E-state index contributed by atoms with van der Waals surface area (Å²) in [6.07, 6.45) is 1.65. The first-order valence-electron chi connectivity index (χ1n) is 4.27. The molecule has 5 heteroatoms. The summed E-state index contributed by atoms with van der Waals surface area (Å²) in [5.74, 6) is 0.609. The number of hydrogen-bond acceptors (Lipinski definition) is 3. The molecular formula is C8H13NO3S. The Hall–Kier alpha value is -0.710. The van der Waals surface area contributed by atoms with Gasteiger partial charge in [-0.05, 0) is 18.6 Å². The summed E-state index contributed by atoms with van der Waals surface area (Å²) in [6.45, 7) is 0. The van der Waals surface area contributed by atoms with Crippen molar-refractivity contribution in [3.63, 3.8) is 0 Å². The van der Waals surface area contributed by atoms with E-state index in [0.717, 1.165) is 24.3 Å². The number of carboxylic acid groups (broad SMARTS) is 1. The minimum absolute atomic E-state index is 0.172. The van der Waals surface area contributed by atoms with Gasteiger partial charge in [0.05, 0.1) is 0 Å². The van der Waals surface area contributed by atoms with E-state index in [-0.39, 0.29) is 11.9 Å². The topological polar surface area (TPSA) is 66.4 Å². The highest BCUT2D eigenvalue weighted by Crippen LogP contribution is 2.16. The third-order valence-corrected chi connectivity index (χ3v) is 3.05. The number of hydrogen-bond donors (Lipinski definition) is 2. The second kappa shape index (κ2) is 5.11. The number of carboxylic acids is 1. The van der Waals surface area contributed by atoms with Crippen LogP contribution in [0.15, 0.2) is 0 Å². The Morgan fingerprint density at radius 3 is 2.85 bits per heavy atom. The molecular weight excluding hydrogens is 190 g/mol. The first-order valence-corrected chi connectivity index (χ1v) is 5.43. The molecule has 4 nitrogen and oxygen atoms in total. The first-order chi connectivity index (χ1) is 6.18. The lowest BCUT2D eigenvalue weighted by atomic mass is 10.2. The van der Waals surface area contributed by atoms with Gasteiger partial charge in [0.25, 0.3) is 0 Å². The van der Waals surface area contributed by atoms with Gasteiger partial charge in [-0.15, -0.1) is 0 Å². The zero-order valence-electron chi connectivity index (χ0n) is 7.28. The maximum Gasteiger partial charge on any atom is 0.312 e. The minimum Gasteiger partial charge on any atom is -0.481 e. The van der Waals surface area contributed by atoms with Crippen molar-refractivity contribution in [3.05, 3.63) is 0 Å². The van der Waals surface area contributed by atoms with E-state index in [1.54, 1.807) is 11.8 Å². The van der Waals surface area contributed by atoms with Crippen molar-refractivity contribution in [2.24, 2.45) is 0 Å². The monoisotopic (exact) mass is 203 g/mol. The van der Waals surface area contributed by atoms with E-state index in [2.05, 4.69) is 5.32 Å². The maximum atomic E-state index is 11.0. The third-order valence-electron chi connectivity index (χ3n) is 1.84. The fraction of sp³-hybridized carbons (Fsp3) is 0.750. The number of carbonyl (C=O) groups excluding carboxylic acids is 1. The van der Waals surface area contributed by atoms with Gasteiger partial charge in [0.1, 0.15) is 6.42 Å². The van der Waals surface area contributed by atoms with Crippen LogP contribution in [0.25, 0.3) is 0 Å². The molecule has 1 heterocycles. The molecule has 2 N–H and O–H groups in total. The van der Waals surface area contributed by atoms with Crippen molar-refractivity contribution in [1.82, 2.24) is 5.32 Å². The zero-order chi connectivity index (χ0) is 9.68. The molecule has 1 atom stereocenters. The Labute approximate surface area is 81.1 Å². The fourth-order valence-electron chi connectivity index (χ4n) is 1.27. The molecule has 1 saturated heterocycles. The molecule has 74 valence electrons. The van der Waals surface area contributed by atoms with Gasteiger partial charge < -0.3 is 10.4 Å². The van der Waals surface area contributed by atoms with Gasteiger partial charge >= 0.3 is 5.97 Å². The van der Waals surface area contributed by atoms with Crippen molar-refractivity contribution in [2.75, 3.05) is 11.5 Å². The van der Waals surface area contributed by atoms with Crippen LogP contribution in [-0.2, 0) is 9.59 Å². The van der Waals surface area contributed by atoms with Crippen LogP contribution >= 0.6 is 11.8 Å². The number of carbonyl (C=O) groups is 2. The molecule has 1 aliphatic heterocycles. The Morgan fingerprint density at radius 2 is 2.31 bits per heavy atom. The third kappa shape index (κ3) is 4.17.